The molecule has 26 heavy (non-hydrogen) atoms. The Morgan fingerprint density at radius 3 is 2.15 bits per heavy atom. The number of methoxy groups -OCH3 is 3. The normalized spacial score (nSPS) is 10.6. The van der Waals surface area contributed by atoms with Gasteiger partial charge in [0, 0.05) is 18.0 Å². The van der Waals surface area contributed by atoms with Gasteiger partial charge < -0.3 is 18.8 Å². The first-order valence-electron chi connectivity index (χ1n) is 8.08. The molecule has 0 amide bonds. The summed E-state index contributed by atoms with van der Waals surface area (Å²) in [5.41, 5.74) is 4.27. The summed E-state index contributed by atoms with van der Waals surface area (Å²) in [7, 11) is 6.62. The van der Waals surface area contributed by atoms with Crippen LogP contribution in [0.5, 0.6) is 17.2 Å². The number of carbonyl (C=O) groups excluding carboxylic acids is 1. The SMILES string of the molecule is C=C(c1cc(OC)c(OC)c(OC)c1)c1ccc2c(c1)cc(C=O)n2C. The zero-order valence-corrected chi connectivity index (χ0v) is 15.3. The van der Waals surface area contributed by atoms with E-state index in [9.17, 15) is 4.79 Å². The third-order valence-corrected chi connectivity index (χ3v) is 4.56. The third-order valence-electron chi connectivity index (χ3n) is 4.56. The van der Waals surface area contributed by atoms with Gasteiger partial charge in [0.05, 0.1) is 27.0 Å². The van der Waals surface area contributed by atoms with Crippen LogP contribution in [0.1, 0.15) is 21.6 Å². The number of hydrogen-bond donors (Lipinski definition) is 0. The summed E-state index contributed by atoms with van der Waals surface area (Å²) in [5, 5.41) is 0.987. The van der Waals surface area contributed by atoms with Crippen LogP contribution in [0.25, 0.3) is 16.5 Å². The minimum Gasteiger partial charge on any atom is -0.493 e. The highest BCUT2D eigenvalue weighted by Crippen LogP contribution is 2.41. The fraction of sp³-hybridized carbons (Fsp3) is 0.190. The van der Waals surface area contributed by atoms with E-state index in [1.54, 1.807) is 21.3 Å². The van der Waals surface area contributed by atoms with Crippen LogP contribution in [0.15, 0.2) is 43.0 Å². The van der Waals surface area contributed by atoms with Gasteiger partial charge in [-0.25, -0.2) is 0 Å². The predicted molar refractivity (Wildman–Crippen MR) is 103 cm³/mol. The van der Waals surface area contributed by atoms with Crippen molar-refractivity contribution in [1.82, 2.24) is 4.57 Å². The van der Waals surface area contributed by atoms with Crippen LogP contribution >= 0.6 is 0 Å². The van der Waals surface area contributed by atoms with Crippen LogP contribution in [0, 0.1) is 0 Å². The molecule has 0 saturated heterocycles. The van der Waals surface area contributed by atoms with Crippen LogP contribution in [0.4, 0.5) is 0 Å². The van der Waals surface area contributed by atoms with Crippen LogP contribution in [0.2, 0.25) is 0 Å². The van der Waals surface area contributed by atoms with Crippen molar-refractivity contribution in [2.45, 2.75) is 0 Å². The Morgan fingerprint density at radius 1 is 0.962 bits per heavy atom. The van der Waals surface area contributed by atoms with Crippen molar-refractivity contribution in [2.24, 2.45) is 7.05 Å². The van der Waals surface area contributed by atoms with Crippen LogP contribution < -0.4 is 14.2 Å². The van der Waals surface area contributed by atoms with Crippen molar-refractivity contribution in [2.75, 3.05) is 21.3 Å². The predicted octanol–water partition coefficient (Wildman–Crippen LogP) is 4.08. The molecule has 0 saturated carbocycles. The fourth-order valence-corrected chi connectivity index (χ4v) is 3.09. The van der Waals surface area contributed by atoms with Crippen molar-refractivity contribution < 1.29 is 19.0 Å². The molecule has 0 fully saturated rings. The quantitative estimate of drug-likeness (QED) is 0.628. The van der Waals surface area contributed by atoms with Gasteiger partial charge in [0.25, 0.3) is 0 Å². The second-order valence-corrected chi connectivity index (χ2v) is 5.91. The van der Waals surface area contributed by atoms with Gasteiger partial charge in [0.1, 0.15) is 0 Å². The number of aldehydes is 1. The molecular weight excluding hydrogens is 330 g/mol. The minimum atomic E-state index is 0.542. The van der Waals surface area contributed by atoms with Crippen molar-refractivity contribution >= 4 is 22.8 Å². The van der Waals surface area contributed by atoms with Crippen LogP contribution in [-0.4, -0.2) is 32.2 Å². The number of ether oxygens (including phenoxy) is 3. The third kappa shape index (κ3) is 2.81. The van der Waals surface area contributed by atoms with E-state index in [0.717, 1.165) is 33.9 Å². The first-order valence-corrected chi connectivity index (χ1v) is 8.08. The van der Waals surface area contributed by atoms with E-state index in [1.807, 2.05) is 48.0 Å². The van der Waals surface area contributed by atoms with Gasteiger partial charge in [0.15, 0.2) is 17.8 Å². The molecule has 134 valence electrons. The van der Waals surface area contributed by atoms with Crippen molar-refractivity contribution in [3.63, 3.8) is 0 Å². The Bertz CT molecular complexity index is 976. The molecular formula is C21H21NO4. The minimum absolute atomic E-state index is 0.542. The van der Waals surface area contributed by atoms with Crippen LogP contribution in [-0.2, 0) is 7.05 Å². The number of aryl methyl sites for hydroxylation is 1. The van der Waals surface area contributed by atoms with E-state index in [-0.39, 0.29) is 0 Å². The van der Waals surface area contributed by atoms with Gasteiger partial charge in [-0.1, -0.05) is 12.6 Å². The maximum atomic E-state index is 11.2. The number of nitrogens with zero attached hydrogens (tertiary/aromatic N) is 1. The monoisotopic (exact) mass is 351 g/mol. The van der Waals surface area contributed by atoms with Gasteiger partial charge >= 0.3 is 0 Å². The van der Waals surface area contributed by atoms with Gasteiger partial charge in [-0.05, 0) is 47.0 Å². The summed E-state index contributed by atoms with van der Waals surface area (Å²) in [4.78, 5) is 11.2. The summed E-state index contributed by atoms with van der Waals surface area (Å²) < 4.78 is 18.1. The van der Waals surface area contributed by atoms with E-state index in [4.69, 9.17) is 14.2 Å². The molecule has 1 aromatic heterocycles. The van der Waals surface area contributed by atoms with Gasteiger partial charge in [-0.2, -0.15) is 0 Å². The molecule has 0 aliphatic heterocycles. The summed E-state index contributed by atoms with van der Waals surface area (Å²) in [6.45, 7) is 4.23. The van der Waals surface area contributed by atoms with E-state index < -0.39 is 0 Å². The molecule has 0 spiro atoms. The lowest BCUT2D eigenvalue weighted by atomic mass is 9.97. The number of carbonyl (C=O) groups is 1. The molecule has 3 rings (SSSR count). The van der Waals surface area contributed by atoms with Gasteiger partial charge in [-0.3, -0.25) is 4.79 Å². The van der Waals surface area contributed by atoms with E-state index in [2.05, 4.69) is 6.58 Å². The first kappa shape index (κ1) is 17.6. The number of aromatic nitrogens is 1. The summed E-state index contributed by atoms with van der Waals surface area (Å²) in [5.74, 6) is 1.69. The highest BCUT2D eigenvalue weighted by atomic mass is 16.5. The molecule has 0 N–H and O–H groups in total. The Labute approximate surface area is 152 Å². The van der Waals surface area contributed by atoms with Crippen molar-refractivity contribution in [3.8, 4) is 17.2 Å². The number of benzene rings is 2. The largest absolute Gasteiger partial charge is 0.493 e. The smallest absolute Gasteiger partial charge is 0.203 e. The molecule has 0 radical (unpaired) electrons. The standard InChI is InChI=1S/C21H21NO4/c1-13(15-10-19(24-3)21(26-5)20(11-15)25-4)14-6-7-18-16(8-14)9-17(12-23)22(18)2/h6-12H,1H2,2-5H3. The molecule has 0 unspecified atom stereocenters. The number of hydrogen-bond acceptors (Lipinski definition) is 4. The van der Waals surface area contributed by atoms with Crippen molar-refractivity contribution in [3.05, 3.63) is 59.8 Å². The maximum absolute atomic E-state index is 11.2. The Morgan fingerprint density at radius 2 is 1.62 bits per heavy atom. The van der Waals surface area contributed by atoms with Gasteiger partial charge in [-0.15, -0.1) is 0 Å². The molecule has 0 atom stereocenters. The van der Waals surface area contributed by atoms with E-state index >= 15 is 0 Å². The lowest BCUT2D eigenvalue weighted by Crippen LogP contribution is -1.97. The van der Waals surface area contributed by atoms with E-state index in [1.165, 1.54) is 0 Å². The van der Waals surface area contributed by atoms with E-state index in [0.29, 0.717) is 22.9 Å². The molecule has 2 aromatic carbocycles. The highest BCUT2D eigenvalue weighted by molar-refractivity contribution is 5.92. The molecule has 0 aliphatic rings. The van der Waals surface area contributed by atoms with Crippen molar-refractivity contribution in [1.29, 1.82) is 0 Å². The number of rotatable bonds is 6. The topological polar surface area (TPSA) is 49.7 Å². The van der Waals surface area contributed by atoms with Gasteiger partial charge in [0.2, 0.25) is 5.75 Å². The Balaban J connectivity index is 2.09. The molecule has 5 nitrogen and oxygen atoms in total. The average Bonchev–Trinajstić information content (AvgIpc) is 3.01. The fourth-order valence-electron chi connectivity index (χ4n) is 3.09. The summed E-state index contributed by atoms with van der Waals surface area (Å²) in [6, 6.07) is 11.6. The molecule has 0 bridgehead atoms. The highest BCUT2D eigenvalue weighted by Gasteiger charge is 2.16. The molecule has 1 heterocycles. The number of fused-ring (bicyclic) bond motifs is 1. The first-order chi connectivity index (χ1) is 12.5. The Hall–Kier alpha value is -3.21. The average molecular weight is 351 g/mol. The zero-order valence-electron chi connectivity index (χ0n) is 15.3. The van der Waals surface area contributed by atoms with Crippen LogP contribution in [0.3, 0.4) is 0 Å². The zero-order chi connectivity index (χ0) is 18.8. The lowest BCUT2D eigenvalue weighted by Gasteiger charge is -2.15. The summed E-state index contributed by atoms with van der Waals surface area (Å²) >= 11 is 0. The molecule has 0 aliphatic carbocycles. The lowest BCUT2D eigenvalue weighted by molar-refractivity contribution is 0.111. The molecule has 3 aromatic rings. The maximum Gasteiger partial charge on any atom is 0.203 e. The molecule has 5 heteroatoms. The second-order valence-electron chi connectivity index (χ2n) is 5.91. The second kappa shape index (κ2) is 6.96. The Kier molecular flexibility index (Phi) is 4.71. The summed E-state index contributed by atoms with van der Waals surface area (Å²) in [6.07, 6.45) is 0.855.